The molecule has 1 atom stereocenters. The third-order valence-corrected chi connectivity index (χ3v) is 4.93. The first-order valence-corrected chi connectivity index (χ1v) is 8.51. The van der Waals surface area contributed by atoms with Crippen LogP contribution in [0.3, 0.4) is 0 Å². The second-order valence-electron chi connectivity index (χ2n) is 6.01. The van der Waals surface area contributed by atoms with E-state index in [0.717, 1.165) is 42.7 Å². The van der Waals surface area contributed by atoms with E-state index in [1.54, 1.807) is 0 Å². The Morgan fingerprint density at radius 3 is 2.86 bits per heavy atom. The highest BCUT2D eigenvalue weighted by Gasteiger charge is 2.29. The first kappa shape index (κ1) is 15.1. The van der Waals surface area contributed by atoms with Crippen LogP contribution in [0.4, 0.5) is 5.82 Å². The number of aromatic nitrogens is 1. The number of pyridine rings is 1. The molecule has 0 amide bonds. The average Bonchev–Trinajstić information content (AvgIpc) is 3.17. The molecular weight excluding hydrogens is 284 g/mol. The van der Waals surface area contributed by atoms with E-state index in [4.69, 9.17) is 16.6 Å². The Bertz CT molecular complexity index is 473. The van der Waals surface area contributed by atoms with Crippen LogP contribution in [0.25, 0.3) is 0 Å². The lowest BCUT2D eigenvalue weighted by atomic mass is 10.2. The van der Waals surface area contributed by atoms with Crippen molar-refractivity contribution in [2.24, 2.45) is 0 Å². The van der Waals surface area contributed by atoms with Gasteiger partial charge in [-0.2, -0.15) is 0 Å². The Morgan fingerprint density at radius 1 is 1.29 bits per heavy atom. The summed E-state index contributed by atoms with van der Waals surface area (Å²) >= 11 is 6.24. The van der Waals surface area contributed by atoms with E-state index in [0.29, 0.717) is 6.04 Å². The first-order valence-electron chi connectivity index (χ1n) is 8.13. The summed E-state index contributed by atoms with van der Waals surface area (Å²) in [6.45, 7) is 8.54. The molecule has 1 aromatic heterocycles. The van der Waals surface area contributed by atoms with Crippen LogP contribution < -0.4 is 10.2 Å². The fraction of sp³-hybridized carbons (Fsp3) is 0.688. The van der Waals surface area contributed by atoms with Crippen molar-refractivity contribution in [3.63, 3.8) is 0 Å². The summed E-state index contributed by atoms with van der Waals surface area (Å²) in [5.41, 5.74) is 0.959. The summed E-state index contributed by atoms with van der Waals surface area (Å²) < 4.78 is 0. The molecule has 1 N–H and O–H groups in total. The maximum Gasteiger partial charge on any atom is 0.129 e. The Morgan fingerprint density at radius 2 is 2.10 bits per heavy atom. The van der Waals surface area contributed by atoms with Crippen molar-refractivity contribution < 1.29 is 0 Å². The van der Waals surface area contributed by atoms with Crippen LogP contribution in [0.15, 0.2) is 12.1 Å². The highest BCUT2D eigenvalue weighted by Crippen LogP contribution is 2.26. The van der Waals surface area contributed by atoms with Gasteiger partial charge in [0, 0.05) is 25.7 Å². The number of halogens is 1. The molecule has 0 bridgehead atoms. The summed E-state index contributed by atoms with van der Waals surface area (Å²) in [7, 11) is 0. The lowest BCUT2D eigenvalue weighted by molar-refractivity contribution is 0.260. The third kappa shape index (κ3) is 3.50. The summed E-state index contributed by atoms with van der Waals surface area (Å²) in [4.78, 5) is 9.83. The molecule has 1 aromatic rings. The maximum atomic E-state index is 6.24. The largest absolute Gasteiger partial charge is 0.355 e. The average molecular weight is 309 g/mol. The van der Waals surface area contributed by atoms with Gasteiger partial charge in [-0.1, -0.05) is 18.5 Å². The molecule has 5 heteroatoms. The van der Waals surface area contributed by atoms with Crippen molar-refractivity contribution in [2.75, 3.05) is 37.6 Å². The monoisotopic (exact) mass is 308 g/mol. The SMILES string of the molecule is CCNCc1nc(N2CCC(N3CCCC3)C2)ccc1Cl. The van der Waals surface area contributed by atoms with Crippen molar-refractivity contribution in [3.05, 3.63) is 22.8 Å². The molecule has 1 unspecified atom stereocenters. The number of hydrogen-bond acceptors (Lipinski definition) is 4. The molecule has 3 rings (SSSR count). The molecule has 3 heterocycles. The second-order valence-corrected chi connectivity index (χ2v) is 6.42. The van der Waals surface area contributed by atoms with Gasteiger partial charge in [0.2, 0.25) is 0 Å². The molecular formula is C16H25ClN4. The third-order valence-electron chi connectivity index (χ3n) is 4.59. The molecule has 0 spiro atoms. The molecule has 0 saturated carbocycles. The number of hydrogen-bond donors (Lipinski definition) is 1. The van der Waals surface area contributed by atoms with Crippen LogP contribution in [0, 0.1) is 0 Å². The molecule has 116 valence electrons. The fourth-order valence-corrected chi connectivity index (χ4v) is 3.54. The van der Waals surface area contributed by atoms with Crippen LogP contribution in [-0.2, 0) is 6.54 Å². The van der Waals surface area contributed by atoms with Gasteiger partial charge in [0.1, 0.15) is 5.82 Å². The van der Waals surface area contributed by atoms with Gasteiger partial charge >= 0.3 is 0 Å². The van der Waals surface area contributed by atoms with E-state index in [9.17, 15) is 0 Å². The number of anilines is 1. The van der Waals surface area contributed by atoms with Crippen molar-refractivity contribution in [2.45, 2.75) is 38.8 Å². The van der Waals surface area contributed by atoms with Crippen LogP contribution >= 0.6 is 11.6 Å². The smallest absolute Gasteiger partial charge is 0.129 e. The van der Waals surface area contributed by atoms with Crippen LogP contribution in [-0.4, -0.2) is 48.6 Å². The Kier molecular flexibility index (Phi) is 4.99. The molecule has 2 aliphatic rings. The van der Waals surface area contributed by atoms with E-state index in [1.807, 2.05) is 6.07 Å². The van der Waals surface area contributed by atoms with Crippen molar-refractivity contribution in [1.82, 2.24) is 15.2 Å². The fourth-order valence-electron chi connectivity index (χ4n) is 3.37. The molecule has 0 radical (unpaired) electrons. The number of rotatable bonds is 5. The Balaban J connectivity index is 1.66. The highest BCUT2D eigenvalue weighted by atomic mass is 35.5. The van der Waals surface area contributed by atoms with Gasteiger partial charge in [-0.15, -0.1) is 0 Å². The molecule has 2 saturated heterocycles. The zero-order valence-electron chi connectivity index (χ0n) is 12.8. The zero-order valence-corrected chi connectivity index (χ0v) is 13.6. The molecule has 0 aromatic carbocycles. The first-order chi connectivity index (χ1) is 10.3. The van der Waals surface area contributed by atoms with Gasteiger partial charge in [0.25, 0.3) is 0 Å². The lowest BCUT2D eigenvalue weighted by Crippen LogP contribution is -2.35. The Labute approximate surface area is 132 Å². The maximum absolute atomic E-state index is 6.24. The van der Waals surface area contributed by atoms with Crippen molar-refractivity contribution >= 4 is 17.4 Å². The van der Waals surface area contributed by atoms with E-state index in [-0.39, 0.29) is 0 Å². The van der Waals surface area contributed by atoms with Gasteiger partial charge in [-0.05, 0) is 51.0 Å². The molecule has 2 fully saturated rings. The number of likely N-dealkylation sites (tertiary alicyclic amines) is 1. The van der Waals surface area contributed by atoms with Gasteiger partial charge in [0.05, 0.1) is 10.7 Å². The molecule has 2 aliphatic heterocycles. The van der Waals surface area contributed by atoms with E-state index in [1.165, 1.54) is 32.4 Å². The van der Waals surface area contributed by atoms with Crippen molar-refractivity contribution in [1.29, 1.82) is 0 Å². The normalized spacial score (nSPS) is 23.1. The number of nitrogens with zero attached hydrogens (tertiary/aromatic N) is 3. The quantitative estimate of drug-likeness (QED) is 0.906. The molecule has 21 heavy (non-hydrogen) atoms. The lowest BCUT2D eigenvalue weighted by Gasteiger charge is -2.24. The summed E-state index contributed by atoms with van der Waals surface area (Å²) in [5.74, 6) is 1.08. The van der Waals surface area contributed by atoms with E-state index in [2.05, 4.69) is 28.1 Å². The highest BCUT2D eigenvalue weighted by molar-refractivity contribution is 6.31. The predicted molar refractivity (Wildman–Crippen MR) is 88.1 cm³/mol. The van der Waals surface area contributed by atoms with Gasteiger partial charge in [-0.3, -0.25) is 4.90 Å². The standard InChI is InChI=1S/C16H25ClN4/c1-2-18-11-15-14(17)5-6-16(19-15)21-10-7-13(12-21)20-8-3-4-9-20/h5-6,13,18H,2-4,7-12H2,1H3. The second kappa shape index (κ2) is 6.95. The van der Waals surface area contributed by atoms with Gasteiger partial charge in [-0.25, -0.2) is 4.98 Å². The van der Waals surface area contributed by atoms with Crippen LogP contribution in [0.1, 0.15) is 31.9 Å². The zero-order chi connectivity index (χ0) is 14.7. The summed E-state index contributed by atoms with van der Waals surface area (Å²) in [5, 5.41) is 4.06. The topological polar surface area (TPSA) is 31.4 Å². The van der Waals surface area contributed by atoms with Crippen LogP contribution in [0.5, 0.6) is 0 Å². The van der Waals surface area contributed by atoms with Crippen molar-refractivity contribution in [3.8, 4) is 0 Å². The van der Waals surface area contributed by atoms with E-state index < -0.39 is 0 Å². The summed E-state index contributed by atoms with van der Waals surface area (Å²) in [6, 6.07) is 4.76. The van der Waals surface area contributed by atoms with Crippen LogP contribution in [0.2, 0.25) is 5.02 Å². The minimum atomic E-state index is 0.710. The van der Waals surface area contributed by atoms with Gasteiger partial charge < -0.3 is 10.2 Å². The number of nitrogens with one attached hydrogen (secondary N) is 1. The minimum absolute atomic E-state index is 0.710. The summed E-state index contributed by atoms with van der Waals surface area (Å²) in [6.07, 6.45) is 3.98. The Hall–Kier alpha value is -0.840. The molecule has 0 aliphatic carbocycles. The molecule has 4 nitrogen and oxygen atoms in total. The van der Waals surface area contributed by atoms with E-state index >= 15 is 0 Å². The predicted octanol–water partition coefficient (Wildman–Crippen LogP) is 2.52. The minimum Gasteiger partial charge on any atom is -0.355 e. The van der Waals surface area contributed by atoms with Gasteiger partial charge in [0.15, 0.2) is 0 Å².